The van der Waals surface area contributed by atoms with Crippen LogP contribution in [0.5, 0.6) is 11.5 Å². The van der Waals surface area contributed by atoms with Crippen LogP contribution in [0, 0.1) is 0 Å². The molecule has 0 spiro atoms. The first kappa shape index (κ1) is 14.3. The van der Waals surface area contributed by atoms with Crippen molar-refractivity contribution in [2.75, 3.05) is 7.11 Å². The number of ether oxygens (including phenoxy) is 2. The van der Waals surface area contributed by atoms with Crippen molar-refractivity contribution in [2.24, 2.45) is 0 Å². The fourth-order valence-electron chi connectivity index (χ4n) is 1.34. The highest BCUT2D eigenvalue weighted by Crippen LogP contribution is 2.23. The van der Waals surface area contributed by atoms with Crippen LogP contribution in [0.15, 0.2) is 18.2 Å². The second kappa shape index (κ2) is 5.73. The number of nitrogens with one attached hydrogen (secondary N) is 1. The zero-order valence-corrected chi connectivity index (χ0v) is 11.1. The third-order valence-corrected chi connectivity index (χ3v) is 2.04. The Morgan fingerprint density at radius 2 is 2.06 bits per heavy atom. The fraction of sp³-hybridized carbons (Fsp3) is 0.462. The van der Waals surface area contributed by atoms with Crippen molar-refractivity contribution >= 4 is 6.09 Å². The highest BCUT2D eigenvalue weighted by Gasteiger charge is 2.15. The molecule has 18 heavy (non-hydrogen) atoms. The lowest BCUT2D eigenvalue weighted by Crippen LogP contribution is -2.42. The number of carbonyl (C=O) groups excluding carboxylic acids is 1. The first-order valence-corrected chi connectivity index (χ1v) is 5.62. The number of aromatic hydroxyl groups is 1. The molecule has 0 aliphatic carbocycles. The molecule has 1 aromatic carbocycles. The van der Waals surface area contributed by atoms with E-state index >= 15 is 0 Å². The Morgan fingerprint density at radius 1 is 1.39 bits per heavy atom. The second-order valence-corrected chi connectivity index (χ2v) is 4.99. The Morgan fingerprint density at radius 3 is 2.61 bits per heavy atom. The predicted octanol–water partition coefficient (Wildman–Crippen LogP) is 2.43. The monoisotopic (exact) mass is 253 g/mol. The van der Waals surface area contributed by atoms with Gasteiger partial charge in [0.05, 0.1) is 6.61 Å². The summed E-state index contributed by atoms with van der Waals surface area (Å²) in [6.45, 7) is 5.84. The average Bonchev–Trinajstić information content (AvgIpc) is 2.20. The smallest absolute Gasteiger partial charge is 0.413 e. The molecule has 0 bridgehead atoms. The number of benzene rings is 1. The van der Waals surface area contributed by atoms with Crippen LogP contribution in [0.25, 0.3) is 0 Å². The van der Waals surface area contributed by atoms with Gasteiger partial charge < -0.3 is 19.9 Å². The van der Waals surface area contributed by atoms with Crippen molar-refractivity contribution in [2.45, 2.75) is 32.9 Å². The summed E-state index contributed by atoms with van der Waals surface area (Å²) in [5.74, 6) is 0.474. The van der Waals surface area contributed by atoms with E-state index in [0.717, 1.165) is 0 Å². The van der Waals surface area contributed by atoms with E-state index in [4.69, 9.17) is 9.47 Å². The Labute approximate surface area is 107 Å². The van der Waals surface area contributed by atoms with Crippen LogP contribution in [0.2, 0.25) is 0 Å². The molecule has 0 heterocycles. The van der Waals surface area contributed by atoms with Crippen molar-refractivity contribution in [3.63, 3.8) is 0 Å². The summed E-state index contributed by atoms with van der Waals surface area (Å²) in [4.78, 5) is 11.6. The van der Waals surface area contributed by atoms with Crippen LogP contribution in [0.1, 0.15) is 26.3 Å². The highest BCUT2D eigenvalue weighted by molar-refractivity contribution is 5.71. The summed E-state index contributed by atoms with van der Waals surface area (Å²) in [5, 5.41) is 12.2. The number of rotatable bonds is 3. The van der Waals surface area contributed by atoms with Crippen LogP contribution in [0.3, 0.4) is 0 Å². The number of phenols is 1. The molecule has 0 fully saturated rings. The molecule has 0 unspecified atom stereocenters. The lowest BCUT2D eigenvalue weighted by molar-refractivity contribution is 0.180. The zero-order valence-electron chi connectivity index (χ0n) is 11.1. The van der Waals surface area contributed by atoms with Crippen molar-refractivity contribution in [3.8, 4) is 11.5 Å². The van der Waals surface area contributed by atoms with Crippen LogP contribution in [-0.4, -0.2) is 23.8 Å². The Bertz CT molecular complexity index is 423. The van der Waals surface area contributed by atoms with Crippen molar-refractivity contribution < 1.29 is 19.4 Å². The van der Waals surface area contributed by atoms with E-state index in [-0.39, 0.29) is 17.9 Å². The van der Waals surface area contributed by atoms with E-state index in [1.54, 1.807) is 6.07 Å². The van der Waals surface area contributed by atoms with Crippen LogP contribution >= 0.6 is 0 Å². The van der Waals surface area contributed by atoms with E-state index < -0.39 is 6.09 Å². The molecule has 0 atom stereocenters. The van der Waals surface area contributed by atoms with Gasteiger partial charge in [0.25, 0.3) is 0 Å². The molecule has 2 N–H and O–H groups in total. The van der Waals surface area contributed by atoms with E-state index in [9.17, 15) is 9.90 Å². The van der Waals surface area contributed by atoms with Gasteiger partial charge >= 0.3 is 6.09 Å². The van der Waals surface area contributed by atoms with Crippen LogP contribution in [0.4, 0.5) is 4.79 Å². The summed E-state index contributed by atoms with van der Waals surface area (Å²) in [6, 6.07) is 4.56. The lowest BCUT2D eigenvalue weighted by Gasteiger charge is -2.20. The van der Waals surface area contributed by atoms with Gasteiger partial charge in [-0.25, -0.2) is 4.79 Å². The van der Waals surface area contributed by atoms with E-state index in [1.807, 2.05) is 20.8 Å². The standard InChI is InChI=1S/C13H19NO4/c1-13(2,3)14-12(16)18-10-5-6-11(15)9(7-10)8-17-4/h5-7,15H,8H2,1-4H3,(H,14,16). The molecule has 5 nitrogen and oxygen atoms in total. The number of phenolic OH excluding ortho intramolecular Hbond substituents is 1. The summed E-state index contributed by atoms with van der Waals surface area (Å²) >= 11 is 0. The van der Waals surface area contributed by atoms with E-state index in [1.165, 1.54) is 19.2 Å². The molecule has 0 aliphatic heterocycles. The largest absolute Gasteiger partial charge is 0.508 e. The van der Waals surface area contributed by atoms with Gasteiger partial charge in [0.2, 0.25) is 0 Å². The number of hydrogen-bond acceptors (Lipinski definition) is 4. The number of amides is 1. The fourth-order valence-corrected chi connectivity index (χ4v) is 1.34. The van der Waals surface area contributed by atoms with Gasteiger partial charge in [0, 0.05) is 18.2 Å². The molecule has 0 saturated carbocycles. The minimum atomic E-state index is -0.531. The van der Waals surface area contributed by atoms with Gasteiger partial charge in [-0.05, 0) is 39.0 Å². The summed E-state index contributed by atoms with van der Waals surface area (Å²) in [5.41, 5.74) is 0.210. The lowest BCUT2D eigenvalue weighted by atomic mass is 10.1. The molecular formula is C13H19NO4. The maximum Gasteiger partial charge on any atom is 0.413 e. The molecule has 0 radical (unpaired) electrons. The Balaban J connectivity index is 2.73. The normalized spacial score (nSPS) is 11.1. The number of carbonyl (C=O) groups is 1. The van der Waals surface area contributed by atoms with Gasteiger partial charge in [0.1, 0.15) is 11.5 Å². The Hall–Kier alpha value is -1.75. The topological polar surface area (TPSA) is 67.8 Å². The van der Waals surface area contributed by atoms with Gasteiger partial charge in [-0.15, -0.1) is 0 Å². The molecule has 1 rings (SSSR count). The molecule has 100 valence electrons. The molecule has 5 heteroatoms. The third-order valence-electron chi connectivity index (χ3n) is 2.04. The summed E-state index contributed by atoms with van der Waals surface area (Å²) in [7, 11) is 1.53. The first-order valence-electron chi connectivity index (χ1n) is 5.62. The molecular weight excluding hydrogens is 234 g/mol. The van der Waals surface area contributed by atoms with Gasteiger partial charge in [-0.2, -0.15) is 0 Å². The van der Waals surface area contributed by atoms with Crippen molar-refractivity contribution in [1.29, 1.82) is 0 Å². The minimum absolute atomic E-state index is 0.112. The number of hydrogen-bond donors (Lipinski definition) is 2. The van der Waals surface area contributed by atoms with Gasteiger partial charge in [0.15, 0.2) is 0 Å². The molecule has 1 aromatic rings. The average molecular weight is 253 g/mol. The van der Waals surface area contributed by atoms with Gasteiger partial charge in [-0.1, -0.05) is 0 Å². The minimum Gasteiger partial charge on any atom is -0.508 e. The number of methoxy groups -OCH3 is 1. The zero-order chi connectivity index (χ0) is 13.8. The quantitative estimate of drug-likeness (QED) is 0.868. The molecule has 0 saturated heterocycles. The van der Waals surface area contributed by atoms with E-state index in [2.05, 4.69) is 5.32 Å². The van der Waals surface area contributed by atoms with E-state index in [0.29, 0.717) is 11.3 Å². The summed E-state index contributed by atoms with van der Waals surface area (Å²) in [6.07, 6.45) is -0.531. The summed E-state index contributed by atoms with van der Waals surface area (Å²) < 4.78 is 10.0. The predicted molar refractivity (Wildman–Crippen MR) is 67.7 cm³/mol. The molecule has 1 amide bonds. The SMILES string of the molecule is COCc1cc(OC(=O)NC(C)(C)C)ccc1O. The van der Waals surface area contributed by atoms with Crippen LogP contribution < -0.4 is 10.1 Å². The van der Waals surface area contributed by atoms with Crippen molar-refractivity contribution in [1.82, 2.24) is 5.32 Å². The maximum absolute atomic E-state index is 11.6. The second-order valence-electron chi connectivity index (χ2n) is 4.99. The Kier molecular flexibility index (Phi) is 4.55. The molecule has 0 aliphatic rings. The third kappa shape index (κ3) is 4.63. The maximum atomic E-state index is 11.6. The first-order chi connectivity index (χ1) is 8.31. The molecule has 0 aromatic heterocycles. The van der Waals surface area contributed by atoms with Gasteiger partial charge in [-0.3, -0.25) is 0 Å². The van der Waals surface area contributed by atoms with Crippen molar-refractivity contribution in [3.05, 3.63) is 23.8 Å². The van der Waals surface area contributed by atoms with Crippen LogP contribution in [-0.2, 0) is 11.3 Å². The highest BCUT2D eigenvalue weighted by atomic mass is 16.6.